The number of nitrogens with zero attached hydrogens (tertiary/aromatic N) is 2. The molecule has 0 bridgehead atoms. The number of likely N-dealkylation sites (N-methyl/N-ethyl adjacent to an activating group) is 1. The highest BCUT2D eigenvalue weighted by Crippen LogP contribution is 2.27. The molecule has 1 heterocycles. The summed E-state index contributed by atoms with van der Waals surface area (Å²) in [4.78, 5) is 26.8. The average molecular weight is 494 g/mol. The van der Waals surface area contributed by atoms with Gasteiger partial charge in [0.2, 0.25) is 21.8 Å². The first-order chi connectivity index (χ1) is 14.2. The van der Waals surface area contributed by atoms with Crippen LogP contribution in [-0.2, 0) is 19.6 Å². The molecule has 0 saturated carbocycles. The lowest BCUT2D eigenvalue weighted by atomic mass is 10.2. The number of anilines is 1. The molecule has 7 nitrogen and oxygen atoms in total. The van der Waals surface area contributed by atoms with Crippen molar-refractivity contribution in [1.29, 1.82) is 0 Å². The molecular weight excluding hydrogens is 470 g/mol. The fourth-order valence-electron chi connectivity index (χ4n) is 3.42. The van der Waals surface area contributed by atoms with E-state index in [9.17, 15) is 18.0 Å². The zero-order chi connectivity index (χ0) is 21.9. The number of carbonyl (C=O) groups excluding carboxylic acids is 2. The molecule has 2 aromatic carbocycles. The number of benzene rings is 2. The minimum absolute atomic E-state index is 0.169. The van der Waals surface area contributed by atoms with Crippen LogP contribution in [-0.4, -0.2) is 55.6 Å². The van der Waals surface area contributed by atoms with Crippen LogP contribution < -0.4 is 5.32 Å². The summed E-state index contributed by atoms with van der Waals surface area (Å²) in [6.07, 6.45) is 1.03. The molecule has 0 aromatic heterocycles. The summed E-state index contributed by atoms with van der Waals surface area (Å²) in [5.41, 5.74) is 1.56. The Morgan fingerprint density at radius 2 is 1.83 bits per heavy atom. The Labute approximate surface area is 185 Å². The Morgan fingerprint density at radius 3 is 2.50 bits per heavy atom. The van der Waals surface area contributed by atoms with Gasteiger partial charge in [-0.25, -0.2) is 8.42 Å². The predicted molar refractivity (Wildman–Crippen MR) is 119 cm³/mol. The Morgan fingerprint density at radius 1 is 1.17 bits per heavy atom. The molecule has 1 fully saturated rings. The molecule has 2 aromatic rings. The Bertz CT molecular complexity index is 1040. The van der Waals surface area contributed by atoms with Crippen molar-refractivity contribution in [2.24, 2.45) is 0 Å². The second kappa shape index (κ2) is 9.28. The van der Waals surface area contributed by atoms with E-state index in [2.05, 4.69) is 21.2 Å². The standard InChI is InChI=1S/C21H24BrN3O4S/c1-15-9-11-16(12-10-15)30(28,29)25-13-5-8-19(25)21(27)24(2)14-20(26)23-18-7-4-3-6-17(18)22/h3-4,6-7,9-12,19H,5,8,13-14H2,1-2H3,(H,23,26)/t19-/m0/s1. The van der Waals surface area contributed by atoms with Crippen LogP contribution in [0.5, 0.6) is 0 Å². The van der Waals surface area contributed by atoms with Crippen molar-refractivity contribution in [3.05, 3.63) is 58.6 Å². The maximum Gasteiger partial charge on any atom is 0.244 e. The van der Waals surface area contributed by atoms with Gasteiger partial charge in [-0.05, 0) is 60.0 Å². The van der Waals surface area contributed by atoms with Crippen LogP contribution >= 0.6 is 15.9 Å². The van der Waals surface area contributed by atoms with Crippen molar-refractivity contribution < 1.29 is 18.0 Å². The minimum Gasteiger partial charge on any atom is -0.335 e. The molecule has 1 atom stereocenters. The van der Waals surface area contributed by atoms with Crippen molar-refractivity contribution in [2.45, 2.75) is 30.7 Å². The fourth-order valence-corrected chi connectivity index (χ4v) is 5.46. The number of carbonyl (C=O) groups is 2. The van der Waals surface area contributed by atoms with Crippen molar-refractivity contribution in [3.63, 3.8) is 0 Å². The van der Waals surface area contributed by atoms with E-state index < -0.39 is 16.1 Å². The summed E-state index contributed by atoms with van der Waals surface area (Å²) < 4.78 is 28.1. The maximum absolute atomic E-state index is 13.1. The van der Waals surface area contributed by atoms with E-state index in [1.54, 1.807) is 42.5 Å². The quantitative estimate of drug-likeness (QED) is 0.669. The number of amides is 2. The molecule has 160 valence electrons. The third kappa shape index (κ3) is 4.91. The third-order valence-corrected chi connectivity index (χ3v) is 7.64. The van der Waals surface area contributed by atoms with Gasteiger partial charge in [0, 0.05) is 18.1 Å². The number of sulfonamides is 1. The largest absolute Gasteiger partial charge is 0.335 e. The van der Waals surface area contributed by atoms with Crippen molar-refractivity contribution >= 4 is 43.5 Å². The Kier molecular flexibility index (Phi) is 6.95. The lowest BCUT2D eigenvalue weighted by Gasteiger charge is -2.27. The molecule has 0 radical (unpaired) electrons. The third-order valence-electron chi connectivity index (χ3n) is 5.02. The van der Waals surface area contributed by atoms with Crippen LogP contribution in [0.3, 0.4) is 0 Å². The van der Waals surface area contributed by atoms with E-state index in [1.165, 1.54) is 16.3 Å². The summed E-state index contributed by atoms with van der Waals surface area (Å²) >= 11 is 3.36. The molecular formula is C21H24BrN3O4S. The number of hydrogen-bond acceptors (Lipinski definition) is 4. The second-order valence-electron chi connectivity index (χ2n) is 7.31. The highest BCUT2D eigenvalue weighted by atomic mass is 79.9. The lowest BCUT2D eigenvalue weighted by molar-refractivity contribution is -0.136. The van der Waals surface area contributed by atoms with Gasteiger partial charge >= 0.3 is 0 Å². The molecule has 1 saturated heterocycles. The van der Waals surface area contributed by atoms with Crippen molar-refractivity contribution in [3.8, 4) is 0 Å². The first-order valence-corrected chi connectivity index (χ1v) is 11.8. The molecule has 2 amide bonds. The van der Waals surface area contributed by atoms with Gasteiger partial charge in [0.1, 0.15) is 6.04 Å². The van der Waals surface area contributed by atoms with Crippen LogP contribution in [0.15, 0.2) is 57.9 Å². The van der Waals surface area contributed by atoms with Gasteiger partial charge in [-0.3, -0.25) is 9.59 Å². The van der Waals surface area contributed by atoms with Gasteiger partial charge in [0.25, 0.3) is 0 Å². The normalized spacial score (nSPS) is 17.0. The Balaban J connectivity index is 1.69. The van der Waals surface area contributed by atoms with Gasteiger partial charge in [-0.1, -0.05) is 29.8 Å². The van der Waals surface area contributed by atoms with Gasteiger partial charge in [0.05, 0.1) is 17.1 Å². The number of hydrogen-bond donors (Lipinski definition) is 1. The minimum atomic E-state index is -3.79. The van der Waals surface area contributed by atoms with E-state index in [4.69, 9.17) is 0 Å². The second-order valence-corrected chi connectivity index (χ2v) is 10.1. The van der Waals surface area contributed by atoms with Gasteiger partial charge < -0.3 is 10.2 Å². The number of nitrogens with one attached hydrogen (secondary N) is 1. The topological polar surface area (TPSA) is 86.8 Å². The summed E-state index contributed by atoms with van der Waals surface area (Å²) in [5.74, 6) is -0.742. The van der Waals surface area contributed by atoms with E-state index in [-0.39, 0.29) is 29.8 Å². The lowest BCUT2D eigenvalue weighted by Crippen LogP contribution is -2.48. The molecule has 1 aliphatic rings. The molecule has 1 aliphatic heterocycles. The molecule has 3 rings (SSSR count). The van der Waals surface area contributed by atoms with E-state index in [1.807, 2.05) is 13.0 Å². The molecule has 0 aliphatic carbocycles. The molecule has 0 unspecified atom stereocenters. The maximum atomic E-state index is 13.1. The zero-order valence-electron chi connectivity index (χ0n) is 16.8. The molecule has 1 N–H and O–H groups in total. The van der Waals surface area contributed by atoms with E-state index >= 15 is 0 Å². The monoisotopic (exact) mass is 493 g/mol. The van der Waals surface area contributed by atoms with Gasteiger partial charge in [-0.15, -0.1) is 0 Å². The van der Waals surface area contributed by atoms with Crippen LogP contribution in [0.25, 0.3) is 0 Å². The first kappa shape index (κ1) is 22.5. The molecule has 0 spiro atoms. The van der Waals surface area contributed by atoms with Crippen molar-refractivity contribution in [2.75, 3.05) is 25.5 Å². The van der Waals surface area contributed by atoms with Crippen molar-refractivity contribution in [1.82, 2.24) is 9.21 Å². The van der Waals surface area contributed by atoms with Crippen LogP contribution in [0, 0.1) is 6.92 Å². The van der Waals surface area contributed by atoms with E-state index in [0.717, 1.165) is 10.0 Å². The number of halogens is 1. The number of para-hydroxylation sites is 1. The SMILES string of the molecule is Cc1ccc(S(=O)(=O)N2CCC[C@H]2C(=O)N(C)CC(=O)Nc2ccccc2Br)cc1. The first-order valence-electron chi connectivity index (χ1n) is 9.58. The fraction of sp³-hybridized carbons (Fsp3) is 0.333. The van der Waals surface area contributed by atoms with Gasteiger partial charge in [0.15, 0.2) is 0 Å². The van der Waals surface area contributed by atoms with E-state index in [0.29, 0.717) is 18.5 Å². The summed E-state index contributed by atoms with van der Waals surface area (Å²) in [5, 5.41) is 2.75. The van der Waals surface area contributed by atoms with Crippen LogP contribution in [0.1, 0.15) is 18.4 Å². The highest BCUT2D eigenvalue weighted by molar-refractivity contribution is 9.10. The smallest absolute Gasteiger partial charge is 0.244 e. The summed E-state index contributed by atoms with van der Waals surface area (Å²) in [6.45, 7) is 1.99. The average Bonchev–Trinajstić information content (AvgIpc) is 3.20. The Hall–Kier alpha value is -2.23. The zero-order valence-corrected chi connectivity index (χ0v) is 19.2. The summed E-state index contributed by atoms with van der Waals surface area (Å²) in [7, 11) is -2.28. The summed E-state index contributed by atoms with van der Waals surface area (Å²) in [6, 6.07) is 12.9. The predicted octanol–water partition coefficient (Wildman–Crippen LogP) is 3.01. The number of rotatable bonds is 6. The highest BCUT2D eigenvalue weighted by Gasteiger charge is 2.40. The molecule has 30 heavy (non-hydrogen) atoms. The van der Waals surface area contributed by atoms with Gasteiger partial charge in [-0.2, -0.15) is 4.31 Å². The van der Waals surface area contributed by atoms with Crippen LogP contribution in [0.2, 0.25) is 0 Å². The molecule has 9 heteroatoms. The van der Waals surface area contributed by atoms with Crippen LogP contribution in [0.4, 0.5) is 5.69 Å². The number of aryl methyl sites for hydroxylation is 1.